The predicted molar refractivity (Wildman–Crippen MR) is 69.7 cm³/mol. The predicted octanol–water partition coefficient (Wildman–Crippen LogP) is 1.89. The van der Waals surface area contributed by atoms with E-state index in [1.54, 1.807) is 11.0 Å². The Morgan fingerprint density at radius 3 is 2.67 bits per heavy atom. The fourth-order valence-corrected chi connectivity index (χ4v) is 2.27. The van der Waals surface area contributed by atoms with E-state index in [2.05, 4.69) is 4.98 Å². The van der Waals surface area contributed by atoms with Gasteiger partial charge in [0.2, 0.25) is 0 Å². The van der Waals surface area contributed by atoms with Gasteiger partial charge in [-0.15, -0.1) is 0 Å². The molecule has 1 fully saturated rings. The van der Waals surface area contributed by atoms with E-state index in [4.69, 9.17) is 11.6 Å². The first-order valence-electron chi connectivity index (χ1n) is 5.97. The zero-order valence-corrected chi connectivity index (χ0v) is 11.5. The lowest BCUT2D eigenvalue weighted by Crippen LogP contribution is -2.66. The van der Waals surface area contributed by atoms with Gasteiger partial charge in [0, 0.05) is 11.9 Å². The Bertz CT molecular complexity index is 482. The zero-order valence-electron chi connectivity index (χ0n) is 10.8. The highest BCUT2D eigenvalue weighted by atomic mass is 35.5. The smallest absolute Gasteiger partial charge is 0.257 e. The third kappa shape index (κ3) is 2.22. The van der Waals surface area contributed by atoms with Gasteiger partial charge in [0.15, 0.2) is 0 Å². The molecule has 1 N–H and O–H groups in total. The van der Waals surface area contributed by atoms with E-state index in [0.717, 1.165) is 5.69 Å². The van der Waals surface area contributed by atoms with E-state index in [9.17, 15) is 9.90 Å². The number of rotatable bonds is 2. The molecule has 18 heavy (non-hydrogen) atoms. The molecule has 4 nitrogen and oxygen atoms in total. The molecule has 98 valence electrons. The van der Waals surface area contributed by atoms with Gasteiger partial charge in [-0.05, 0) is 18.9 Å². The van der Waals surface area contributed by atoms with E-state index in [-0.39, 0.29) is 11.8 Å². The number of hydrogen-bond donors (Lipinski definition) is 1. The van der Waals surface area contributed by atoms with E-state index < -0.39 is 5.60 Å². The molecule has 0 radical (unpaired) electrons. The van der Waals surface area contributed by atoms with Crippen molar-refractivity contribution in [1.82, 2.24) is 9.88 Å². The summed E-state index contributed by atoms with van der Waals surface area (Å²) >= 11 is 6.03. The number of nitrogens with zero attached hydrogens (tertiary/aromatic N) is 2. The summed E-state index contributed by atoms with van der Waals surface area (Å²) in [5, 5.41) is 10.5. The zero-order chi connectivity index (χ0) is 13.5. The number of aromatic nitrogens is 1. The molecule has 0 bridgehead atoms. The molecule has 0 saturated carbocycles. The molecule has 1 aliphatic heterocycles. The molecule has 2 heterocycles. The first kappa shape index (κ1) is 13.3. The van der Waals surface area contributed by atoms with Gasteiger partial charge in [0.25, 0.3) is 5.91 Å². The van der Waals surface area contributed by atoms with Crippen molar-refractivity contribution in [1.29, 1.82) is 0 Å². The number of hydrogen-bond acceptors (Lipinski definition) is 3. The van der Waals surface area contributed by atoms with Crippen molar-refractivity contribution in [2.75, 3.05) is 13.1 Å². The number of pyridine rings is 1. The first-order valence-corrected chi connectivity index (χ1v) is 6.35. The van der Waals surface area contributed by atoms with Gasteiger partial charge < -0.3 is 10.0 Å². The standard InChI is InChI=1S/C13H17ClN2O2/c1-8(2)13(18)6-16(7-13)12(17)10-5-15-9(3)4-11(10)14/h4-5,8,18H,6-7H2,1-3H3. The lowest BCUT2D eigenvalue weighted by atomic mass is 9.82. The van der Waals surface area contributed by atoms with Gasteiger partial charge in [0.1, 0.15) is 5.60 Å². The van der Waals surface area contributed by atoms with Gasteiger partial charge in [-0.1, -0.05) is 25.4 Å². The number of aryl methyl sites for hydroxylation is 1. The minimum atomic E-state index is -0.764. The second kappa shape index (κ2) is 4.52. The van der Waals surface area contributed by atoms with Crippen molar-refractivity contribution in [2.45, 2.75) is 26.4 Å². The van der Waals surface area contributed by atoms with Crippen molar-refractivity contribution in [2.24, 2.45) is 5.92 Å². The Labute approximate surface area is 112 Å². The maximum Gasteiger partial charge on any atom is 0.257 e. The summed E-state index contributed by atoms with van der Waals surface area (Å²) in [5.41, 5.74) is 0.409. The van der Waals surface area contributed by atoms with Crippen LogP contribution in [-0.2, 0) is 0 Å². The van der Waals surface area contributed by atoms with E-state index in [1.807, 2.05) is 20.8 Å². The van der Waals surface area contributed by atoms with Crippen LogP contribution in [-0.4, -0.2) is 39.6 Å². The first-order chi connectivity index (χ1) is 8.33. The van der Waals surface area contributed by atoms with E-state index in [1.165, 1.54) is 6.20 Å². The van der Waals surface area contributed by atoms with Gasteiger partial charge in [-0.2, -0.15) is 0 Å². The lowest BCUT2D eigenvalue weighted by Gasteiger charge is -2.49. The number of halogens is 1. The molecule has 2 rings (SSSR count). The van der Waals surface area contributed by atoms with Gasteiger partial charge in [-0.25, -0.2) is 0 Å². The topological polar surface area (TPSA) is 53.4 Å². The van der Waals surface area contributed by atoms with Crippen molar-refractivity contribution >= 4 is 17.5 Å². The number of likely N-dealkylation sites (tertiary alicyclic amines) is 1. The van der Waals surface area contributed by atoms with Crippen LogP contribution in [0.4, 0.5) is 0 Å². The lowest BCUT2D eigenvalue weighted by molar-refractivity contribution is -0.110. The quantitative estimate of drug-likeness (QED) is 0.891. The fourth-order valence-electron chi connectivity index (χ4n) is 1.98. The van der Waals surface area contributed by atoms with Crippen LogP contribution in [0, 0.1) is 12.8 Å². The number of aliphatic hydroxyl groups is 1. The summed E-state index contributed by atoms with van der Waals surface area (Å²) in [5.74, 6) is -0.0361. The number of carbonyl (C=O) groups excluding carboxylic acids is 1. The molecule has 0 atom stereocenters. The van der Waals surface area contributed by atoms with Crippen LogP contribution >= 0.6 is 11.6 Å². The van der Waals surface area contributed by atoms with Crippen molar-refractivity contribution in [3.8, 4) is 0 Å². The highest BCUT2D eigenvalue weighted by Crippen LogP contribution is 2.30. The SMILES string of the molecule is Cc1cc(Cl)c(C(=O)N2CC(O)(C(C)C)C2)cn1. The summed E-state index contributed by atoms with van der Waals surface area (Å²) in [6.45, 7) is 6.42. The van der Waals surface area contributed by atoms with Crippen molar-refractivity contribution in [3.05, 3.63) is 28.5 Å². The third-order valence-corrected chi connectivity index (χ3v) is 3.82. The average molecular weight is 269 g/mol. The minimum absolute atomic E-state index is 0.133. The highest BCUT2D eigenvalue weighted by molar-refractivity contribution is 6.33. The average Bonchev–Trinajstić information content (AvgIpc) is 2.23. The summed E-state index contributed by atoms with van der Waals surface area (Å²) in [6.07, 6.45) is 1.49. The summed E-state index contributed by atoms with van der Waals surface area (Å²) in [7, 11) is 0. The fraction of sp³-hybridized carbons (Fsp3) is 0.538. The monoisotopic (exact) mass is 268 g/mol. The van der Waals surface area contributed by atoms with Crippen LogP contribution in [0.3, 0.4) is 0 Å². The Morgan fingerprint density at radius 1 is 1.56 bits per heavy atom. The van der Waals surface area contributed by atoms with Gasteiger partial charge in [0.05, 0.1) is 23.7 Å². The molecule has 1 aliphatic rings. The maximum absolute atomic E-state index is 12.2. The van der Waals surface area contributed by atoms with E-state index in [0.29, 0.717) is 23.7 Å². The molecule has 5 heteroatoms. The third-order valence-electron chi connectivity index (χ3n) is 3.51. The Morgan fingerprint density at radius 2 is 2.17 bits per heavy atom. The molecule has 1 amide bonds. The van der Waals surface area contributed by atoms with Gasteiger partial charge >= 0.3 is 0 Å². The summed E-state index contributed by atoms with van der Waals surface area (Å²) in [6, 6.07) is 1.67. The molecule has 1 saturated heterocycles. The molecular weight excluding hydrogens is 252 g/mol. The largest absolute Gasteiger partial charge is 0.386 e. The molecule has 0 spiro atoms. The molecule has 0 aromatic carbocycles. The number of carbonyl (C=O) groups is 1. The second-order valence-corrected chi connectivity index (χ2v) is 5.63. The summed E-state index contributed by atoms with van der Waals surface area (Å²) in [4.78, 5) is 17.8. The number of β-amino-alcohol motifs (C(OH)–C–C–N with tert-alkyl or cyclic N) is 1. The highest BCUT2D eigenvalue weighted by Gasteiger charge is 2.46. The van der Waals surface area contributed by atoms with Crippen LogP contribution in [0.15, 0.2) is 12.3 Å². The minimum Gasteiger partial charge on any atom is -0.386 e. The molecule has 0 aliphatic carbocycles. The van der Waals surface area contributed by atoms with Crippen LogP contribution in [0.5, 0.6) is 0 Å². The Kier molecular flexibility index (Phi) is 3.34. The van der Waals surface area contributed by atoms with Crippen LogP contribution in [0.1, 0.15) is 29.9 Å². The van der Waals surface area contributed by atoms with Crippen LogP contribution < -0.4 is 0 Å². The molecule has 1 aromatic heterocycles. The van der Waals surface area contributed by atoms with E-state index >= 15 is 0 Å². The maximum atomic E-state index is 12.2. The van der Waals surface area contributed by atoms with Crippen molar-refractivity contribution < 1.29 is 9.90 Å². The summed E-state index contributed by atoms with van der Waals surface area (Å²) < 4.78 is 0. The van der Waals surface area contributed by atoms with Gasteiger partial charge in [-0.3, -0.25) is 9.78 Å². The molecular formula is C13H17ClN2O2. The normalized spacial score (nSPS) is 17.8. The second-order valence-electron chi connectivity index (χ2n) is 5.23. The Hall–Kier alpha value is -1.13. The number of amides is 1. The molecule has 0 unspecified atom stereocenters. The van der Waals surface area contributed by atoms with Crippen LogP contribution in [0.2, 0.25) is 5.02 Å². The van der Waals surface area contributed by atoms with Crippen molar-refractivity contribution in [3.63, 3.8) is 0 Å². The van der Waals surface area contributed by atoms with Crippen LogP contribution in [0.25, 0.3) is 0 Å². The molecule has 1 aromatic rings. The Balaban J connectivity index is 2.11.